The van der Waals surface area contributed by atoms with Gasteiger partial charge in [-0.2, -0.15) is 0 Å². The zero-order valence-electron chi connectivity index (χ0n) is 9.77. The van der Waals surface area contributed by atoms with Crippen LogP contribution in [-0.4, -0.2) is 11.7 Å². The highest BCUT2D eigenvalue weighted by molar-refractivity contribution is 4.71. The van der Waals surface area contributed by atoms with Crippen LogP contribution in [0.4, 0.5) is 0 Å². The van der Waals surface area contributed by atoms with Crippen molar-refractivity contribution in [2.45, 2.75) is 59.8 Å². The number of unbranched alkanes of at least 4 members (excludes halogenated alkanes) is 1. The lowest BCUT2D eigenvalue weighted by atomic mass is 9.79. The van der Waals surface area contributed by atoms with Gasteiger partial charge in [0, 0.05) is 6.61 Å². The van der Waals surface area contributed by atoms with E-state index in [1.807, 2.05) is 0 Å². The molecule has 0 saturated heterocycles. The maximum absolute atomic E-state index is 8.89. The molecule has 0 radical (unpaired) electrons. The summed E-state index contributed by atoms with van der Waals surface area (Å²) in [6.45, 7) is 9.41. The Morgan fingerprint density at radius 1 is 1.31 bits per heavy atom. The van der Waals surface area contributed by atoms with Crippen molar-refractivity contribution in [3.05, 3.63) is 0 Å². The van der Waals surface area contributed by atoms with Gasteiger partial charge in [0.05, 0.1) is 0 Å². The minimum atomic E-state index is 0.321. The summed E-state index contributed by atoms with van der Waals surface area (Å²) < 4.78 is 0. The summed E-state index contributed by atoms with van der Waals surface area (Å²) in [7, 11) is 0. The van der Waals surface area contributed by atoms with Gasteiger partial charge >= 0.3 is 0 Å². The third-order valence-electron chi connectivity index (χ3n) is 2.74. The average Bonchev–Trinajstić information content (AvgIpc) is 1.99. The number of rotatable bonds is 7. The molecule has 0 aromatic rings. The van der Waals surface area contributed by atoms with Gasteiger partial charge in [-0.15, -0.1) is 0 Å². The summed E-state index contributed by atoms with van der Waals surface area (Å²) >= 11 is 0. The average molecular weight is 186 g/mol. The molecule has 80 valence electrons. The molecule has 1 heteroatoms. The van der Waals surface area contributed by atoms with Crippen LogP contribution >= 0.6 is 0 Å². The smallest absolute Gasteiger partial charge is 0.0436 e. The van der Waals surface area contributed by atoms with Gasteiger partial charge in [-0.3, -0.25) is 0 Å². The minimum Gasteiger partial charge on any atom is -0.396 e. The van der Waals surface area contributed by atoms with Crippen molar-refractivity contribution in [2.75, 3.05) is 6.61 Å². The lowest BCUT2D eigenvalue weighted by Gasteiger charge is -2.27. The first-order valence-corrected chi connectivity index (χ1v) is 5.62. The van der Waals surface area contributed by atoms with E-state index in [-0.39, 0.29) is 0 Å². The van der Waals surface area contributed by atoms with Gasteiger partial charge < -0.3 is 5.11 Å². The standard InChI is InChI=1S/C12H26O/c1-5-6-7-11(2)10-12(3,4)8-9-13/h11,13H,5-10H2,1-4H3. The van der Waals surface area contributed by atoms with E-state index < -0.39 is 0 Å². The first-order valence-electron chi connectivity index (χ1n) is 5.62. The lowest BCUT2D eigenvalue weighted by molar-refractivity contribution is 0.180. The van der Waals surface area contributed by atoms with Gasteiger partial charge in [0.25, 0.3) is 0 Å². The Kier molecular flexibility index (Phi) is 6.40. The predicted octanol–water partition coefficient (Wildman–Crippen LogP) is 3.61. The summed E-state index contributed by atoms with van der Waals surface area (Å²) in [4.78, 5) is 0. The third-order valence-corrected chi connectivity index (χ3v) is 2.74. The highest BCUT2D eigenvalue weighted by Gasteiger charge is 2.19. The SMILES string of the molecule is CCCCC(C)CC(C)(C)CCO. The molecule has 13 heavy (non-hydrogen) atoms. The highest BCUT2D eigenvalue weighted by atomic mass is 16.3. The van der Waals surface area contributed by atoms with Crippen molar-refractivity contribution in [3.63, 3.8) is 0 Å². The van der Waals surface area contributed by atoms with Crippen molar-refractivity contribution in [2.24, 2.45) is 11.3 Å². The van der Waals surface area contributed by atoms with Crippen LogP contribution in [-0.2, 0) is 0 Å². The van der Waals surface area contributed by atoms with Crippen molar-refractivity contribution < 1.29 is 5.11 Å². The number of hydrogen-bond donors (Lipinski definition) is 1. The molecule has 0 aliphatic heterocycles. The van der Waals surface area contributed by atoms with Crippen molar-refractivity contribution in [1.82, 2.24) is 0 Å². The third kappa shape index (κ3) is 7.06. The molecule has 0 spiro atoms. The van der Waals surface area contributed by atoms with Crippen molar-refractivity contribution in [3.8, 4) is 0 Å². The Morgan fingerprint density at radius 3 is 2.38 bits per heavy atom. The monoisotopic (exact) mass is 186 g/mol. The van der Waals surface area contributed by atoms with Crippen molar-refractivity contribution in [1.29, 1.82) is 0 Å². The Balaban J connectivity index is 3.68. The second-order valence-corrected chi connectivity index (χ2v) is 5.09. The van der Waals surface area contributed by atoms with Gasteiger partial charge in [0.1, 0.15) is 0 Å². The molecule has 0 heterocycles. The van der Waals surface area contributed by atoms with Crippen LogP contribution in [0, 0.1) is 11.3 Å². The van der Waals surface area contributed by atoms with Crippen LogP contribution < -0.4 is 0 Å². The summed E-state index contributed by atoms with van der Waals surface area (Å²) in [5.74, 6) is 0.807. The molecule has 0 amide bonds. The maximum atomic E-state index is 8.89. The van der Waals surface area contributed by atoms with E-state index in [1.54, 1.807) is 0 Å². The topological polar surface area (TPSA) is 20.2 Å². The molecule has 1 nitrogen and oxygen atoms in total. The first kappa shape index (κ1) is 13.0. The molecule has 0 fully saturated rings. The molecule has 0 bridgehead atoms. The number of aliphatic hydroxyl groups is 1. The molecule has 0 aromatic carbocycles. The molecular formula is C12H26O. The van der Waals surface area contributed by atoms with Crippen LogP contribution in [0.15, 0.2) is 0 Å². The first-order chi connectivity index (χ1) is 6.02. The van der Waals surface area contributed by atoms with Crippen LogP contribution in [0.25, 0.3) is 0 Å². The zero-order chi connectivity index (χ0) is 10.3. The van der Waals surface area contributed by atoms with Gasteiger partial charge in [0.15, 0.2) is 0 Å². The molecule has 1 N–H and O–H groups in total. The summed E-state index contributed by atoms with van der Waals surface area (Å²) in [5.41, 5.74) is 0.321. The summed E-state index contributed by atoms with van der Waals surface area (Å²) in [5, 5.41) is 8.89. The van der Waals surface area contributed by atoms with Gasteiger partial charge in [-0.1, -0.05) is 47.0 Å². The van der Waals surface area contributed by atoms with Crippen LogP contribution in [0.1, 0.15) is 59.8 Å². The fourth-order valence-electron chi connectivity index (χ4n) is 2.00. The fourth-order valence-corrected chi connectivity index (χ4v) is 2.00. The van der Waals surface area contributed by atoms with E-state index in [4.69, 9.17) is 5.11 Å². The second kappa shape index (κ2) is 6.42. The van der Waals surface area contributed by atoms with Crippen LogP contribution in [0.5, 0.6) is 0 Å². The van der Waals surface area contributed by atoms with E-state index in [0.29, 0.717) is 12.0 Å². The van der Waals surface area contributed by atoms with Crippen LogP contribution in [0.3, 0.4) is 0 Å². The second-order valence-electron chi connectivity index (χ2n) is 5.09. The molecule has 0 aromatic heterocycles. The van der Waals surface area contributed by atoms with Gasteiger partial charge in [-0.25, -0.2) is 0 Å². The molecule has 0 aliphatic carbocycles. The molecule has 1 unspecified atom stereocenters. The Bertz CT molecular complexity index is 118. The predicted molar refractivity (Wildman–Crippen MR) is 58.8 cm³/mol. The Labute approximate surface area is 83.5 Å². The molecular weight excluding hydrogens is 160 g/mol. The van der Waals surface area contributed by atoms with E-state index in [2.05, 4.69) is 27.7 Å². The van der Waals surface area contributed by atoms with E-state index in [1.165, 1.54) is 25.7 Å². The van der Waals surface area contributed by atoms with E-state index in [9.17, 15) is 0 Å². The van der Waals surface area contributed by atoms with E-state index >= 15 is 0 Å². The van der Waals surface area contributed by atoms with Gasteiger partial charge in [-0.05, 0) is 24.2 Å². The number of hydrogen-bond acceptors (Lipinski definition) is 1. The lowest BCUT2D eigenvalue weighted by Crippen LogP contribution is -2.17. The minimum absolute atomic E-state index is 0.321. The zero-order valence-corrected chi connectivity index (χ0v) is 9.77. The summed E-state index contributed by atoms with van der Waals surface area (Å²) in [6, 6.07) is 0. The Hall–Kier alpha value is -0.0400. The van der Waals surface area contributed by atoms with E-state index in [0.717, 1.165) is 12.3 Å². The molecule has 0 saturated carbocycles. The largest absolute Gasteiger partial charge is 0.396 e. The van der Waals surface area contributed by atoms with Crippen molar-refractivity contribution >= 4 is 0 Å². The van der Waals surface area contributed by atoms with Gasteiger partial charge in [0.2, 0.25) is 0 Å². The summed E-state index contributed by atoms with van der Waals surface area (Å²) in [6.07, 6.45) is 6.16. The normalized spacial score (nSPS) is 14.5. The highest BCUT2D eigenvalue weighted by Crippen LogP contribution is 2.30. The quantitative estimate of drug-likeness (QED) is 0.644. The number of aliphatic hydroxyl groups excluding tert-OH is 1. The van der Waals surface area contributed by atoms with Crippen LogP contribution in [0.2, 0.25) is 0 Å². The maximum Gasteiger partial charge on any atom is 0.0436 e. The Morgan fingerprint density at radius 2 is 1.92 bits per heavy atom. The molecule has 0 aliphatic rings. The molecule has 0 rings (SSSR count). The molecule has 1 atom stereocenters. The fraction of sp³-hybridized carbons (Fsp3) is 1.00.